The molecule has 12 heavy (non-hydrogen) atoms. The molecule has 0 aliphatic heterocycles. The molecule has 1 radical (unpaired) electrons. The smallest absolute Gasteiger partial charge is 0.273 e. The number of hydrogen-bond acceptors (Lipinski definition) is 4. The van der Waals surface area contributed by atoms with E-state index in [1.807, 2.05) is 0 Å². The van der Waals surface area contributed by atoms with E-state index in [0.29, 0.717) is 0 Å². The van der Waals surface area contributed by atoms with E-state index >= 15 is 0 Å². The summed E-state index contributed by atoms with van der Waals surface area (Å²) in [5, 5.41) is 19.0. The van der Waals surface area contributed by atoms with Crippen LogP contribution in [0, 0.1) is 10.1 Å². The topological polar surface area (TPSA) is 89.4 Å². The molecular weight excluding hydrogens is 155 g/mol. The van der Waals surface area contributed by atoms with Crippen LogP contribution in [-0.4, -0.2) is 28.9 Å². The van der Waals surface area contributed by atoms with Gasteiger partial charge in [0.15, 0.2) is 0 Å². The van der Waals surface area contributed by atoms with Gasteiger partial charge in [0.25, 0.3) is 5.69 Å². The minimum Gasteiger partial charge on any atom is -0.506 e. The molecule has 59 valence electrons. The SMILES string of the molecule is Nc1ccc([N+](=O)[O-])cc1O.[Li]. The Hall–Kier alpha value is -1.18. The van der Waals surface area contributed by atoms with Gasteiger partial charge in [-0.3, -0.25) is 10.1 Å². The molecule has 0 atom stereocenters. The Bertz CT molecular complexity index is 303. The van der Waals surface area contributed by atoms with Crippen molar-refractivity contribution in [2.45, 2.75) is 0 Å². The average Bonchev–Trinajstić information content (AvgIpc) is 1.94. The monoisotopic (exact) mass is 161 g/mol. The number of phenols is 1. The molecule has 0 unspecified atom stereocenters. The van der Waals surface area contributed by atoms with Crippen LogP contribution in [0.3, 0.4) is 0 Å². The predicted molar refractivity (Wildman–Crippen MR) is 44.9 cm³/mol. The van der Waals surface area contributed by atoms with Crippen molar-refractivity contribution in [2.75, 3.05) is 5.73 Å². The number of nitrogens with zero attached hydrogens (tertiary/aromatic N) is 1. The van der Waals surface area contributed by atoms with Gasteiger partial charge in [0.05, 0.1) is 16.7 Å². The van der Waals surface area contributed by atoms with Gasteiger partial charge in [0.2, 0.25) is 0 Å². The fourth-order valence-electron chi connectivity index (χ4n) is 0.646. The van der Waals surface area contributed by atoms with E-state index < -0.39 is 4.92 Å². The number of aromatic hydroxyl groups is 1. The van der Waals surface area contributed by atoms with Crippen molar-refractivity contribution >= 4 is 30.2 Å². The summed E-state index contributed by atoms with van der Waals surface area (Å²) < 4.78 is 0. The number of phenolic OH excluding ortho intramolecular Hbond substituents is 1. The zero-order valence-electron chi connectivity index (χ0n) is 6.52. The van der Waals surface area contributed by atoms with Crippen LogP contribution >= 0.6 is 0 Å². The Kier molecular flexibility index (Phi) is 3.60. The van der Waals surface area contributed by atoms with E-state index in [1.54, 1.807) is 0 Å². The molecule has 0 saturated heterocycles. The predicted octanol–water partition coefficient (Wildman–Crippen LogP) is 0.502. The molecule has 5 nitrogen and oxygen atoms in total. The van der Waals surface area contributed by atoms with Crippen molar-refractivity contribution in [3.63, 3.8) is 0 Å². The van der Waals surface area contributed by atoms with Crippen LogP contribution in [0.2, 0.25) is 0 Å². The number of anilines is 1. The summed E-state index contributed by atoms with van der Waals surface area (Å²) in [6.07, 6.45) is 0. The molecule has 0 aliphatic carbocycles. The van der Waals surface area contributed by atoms with Crippen molar-refractivity contribution in [2.24, 2.45) is 0 Å². The van der Waals surface area contributed by atoms with E-state index in [-0.39, 0.29) is 36.0 Å². The molecule has 6 heteroatoms. The Balaban J connectivity index is 0.00000121. The molecular formula is C6H6LiN2O3. The molecule has 1 aromatic carbocycles. The molecule has 1 rings (SSSR count). The molecule has 0 fully saturated rings. The summed E-state index contributed by atoms with van der Waals surface area (Å²) in [4.78, 5) is 9.52. The van der Waals surface area contributed by atoms with Gasteiger partial charge in [-0.1, -0.05) is 0 Å². The van der Waals surface area contributed by atoms with Crippen LogP contribution < -0.4 is 5.73 Å². The van der Waals surface area contributed by atoms with E-state index in [1.165, 1.54) is 12.1 Å². The minimum atomic E-state index is -0.598. The van der Waals surface area contributed by atoms with Crippen LogP contribution in [0.25, 0.3) is 0 Å². The summed E-state index contributed by atoms with van der Waals surface area (Å²) in [6.45, 7) is 0. The summed E-state index contributed by atoms with van der Waals surface area (Å²) >= 11 is 0. The standard InChI is InChI=1S/C6H6N2O3.Li/c7-5-2-1-4(8(10)11)3-6(5)9;/h1-3,9H,7H2;. The second-order valence-corrected chi connectivity index (χ2v) is 2.00. The molecule has 0 heterocycles. The van der Waals surface area contributed by atoms with Gasteiger partial charge in [-0.05, 0) is 6.07 Å². The van der Waals surface area contributed by atoms with E-state index in [0.717, 1.165) is 6.07 Å². The zero-order valence-corrected chi connectivity index (χ0v) is 6.52. The van der Waals surface area contributed by atoms with E-state index in [2.05, 4.69) is 0 Å². The first-order chi connectivity index (χ1) is 5.11. The van der Waals surface area contributed by atoms with E-state index in [9.17, 15) is 10.1 Å². The fraction of sp³-hybridized carbons (Fsp3) is 0. The number of non-ortho nitro benzene ring substituents is 1. The normalized spacial score (nSPS) is 8.67. The number of benzene rings is 1. The first-order valence-electron chi connectivity index (χ1n) is 2.84. The molecule has 0 aromatic heterocycles. The number of nitrogen functional groups attached to an aromatic ring is 1. The summed E-state index contributed by atoms with van der Waals surface area (Å²) in [6, 6.07) is 3.53. The number of nitro benzene ring substituents is 1. The average molecular weight is 161 g/mol. The maximum absolute atomic E-state index is 10.1. The molecule has 3 N–H and O–H groups in total. The van der Waals surface area contributed by atoms with Gasteiger partial charge in [-0.15, -0.1) is 0 Å². The number of nitro groups is 1. The molecule has 0 aliphatic rings. The summed E-state index contributed by atoms with van der Waals surface area (Å²) in [5.74, 6) is -0.265. The third kappa shape index (κ3) is 2.15. The molecule has 0 spiro atoms. The van der Waals surface area contributed by atoms with Crippen molar-refractivity contribution in [1.82, 2.24) is 0 Å². The number of rotatable bonds is 1. The third-order valence-corrected chi connectivity index (χ3v) is 1.22. The second-order valence-electron chi connectivity index (χ2n) is 2.00. The van der Waals surface area contributed by atoms with Crippen molar-refractivity contribution < 1.29 is 10.0 Å². The Morgan fingerprint density at radius 3 is 2.50 bits per heavy atom. The van der Waals surface area contributed by atoms with Crippen molar-refractivity contribution in [1.29, 1.82) is 0 Å². The summed E-state index contributed by atoms with van der Waals surface area (Å²) in [7, 11) is 0. The molecule has 0 bridgehead atoms. The van der Waals surface area contributed by atoms with E-state index in [4.69, 9.17) is 10.8 Å². The van der Waals surface area contributed by atoms with Crippen LogP contribution in [-0.2, 0) is 0 Å². The van der Waals surface area contributed by atoms with Crippen LogP contribution in [0.5, 0.6) is 5.75 Å². The van der Waals surface area contributed by atoms with Gasteiger partial charge in [-0.2, -0.15) is 0 Å². The van der Waals surface area contributed by atoms with Crippen molar-refractivity contribution in [3.8, 4) is 5.75 Å². The van der Waals surface area contributed by atoms with Crippen LogP contribution in [0.1, 0.15) is 0 Å². The van der Waals surface area contributed by atoms with Gasteiger partial charge in [0, 0.05) is 24.9 Å². The Morgan fingerprint density at radius 2 is 2.08 bits per heavy atom. The number of nitrogens with two attached hydrogens (primary N) is 1. The zero-order chi connectivity index (χ0) is 8.43. The second kappa shape index (κ2) is 4.00. The van der Waals surface area contributed by atoms with Crippen LogP contribution in [0.15, 0.2) is 18.2 Å². The van der Waals surface area contributed by atoms with Crippen molar-refractivity contribution in [3.05, 3.63) is 28.3 Å². The number of hydrogen-bond donors (Lipinski definition) is 2. The van der Waals surface area contributed by atoms with Gasteiger partial charge < -0.3 is 10.8 Å². The Labute approximate surface area is 80.5 Å². The quantitative estimate of drug-likeness (QED) is 0.206. The molecule has 0 amide bonds. The van der Waals surface area contributed by atoms with Gasteiger partial charge in [0.1, 0.15) is 5.75 Å². The maximum Gasteiger partial charge on any atom is 0.273 e. The van der Waals surface area contributed by atoms with Gasteiger partial charge >= 0.3 is 0 Å². The molecule has 0 saturated carbocycles. The first-order valence-corrected chi connectivity index (χ1v) is 2.84. The largest absolute Gasteiger partial charge is 0.506 e. The minimum absolute atomic E-state index is 0. The summed E-state index contributed by atoms with van der Waals surface area (Å²) in [5.41, 5.74) is 5.18. The fourth-order valence-corrected chi connectivity index (χ4v) is 0.646. The maximum atomic E-state index is 10.1. The molecule has 1 aromatic rings. The van der Waals surface area contributed by atoms with Crippen LogP contribution in [0.4, 0.5) is 11.4 Å². The Morgan fingerprint density at radius 1 is 1.50 bits per heavy atom. The first kappa shape index (κ1) is 10.8. The van der Waals surface area contributed by atoms with Gasteiger partial charge in [-0.25, -0.2) is 0 Å². The third-order valence-electron chi connectivity index (χ3n) is 1.22.